The molecule has 0 unspecified atom stereocenters. The van der Waals surface area contributed by atoms with Gasteiger partial charge in [0.2, 0.25) is 0 Å². The minimum Gasteiger partial charge on any atom is -0.496 e. The Balaban J connectivity index is 2.70. The van der Waals surface area contributed by atoms with Crippen molar-refractivity contribution in [2.75, 3.05) is 7.11 Å². The molecule has 0 spiro atoms. The largest absolute Gasteiger partial charge is 0.496 e. The van der Waals surface area contributed by atoms with E-state index in [2.05, 4.69) is 11.1 Å². The fourth-order valence-electron chi connectivity index (χ4n) is 2.43. The van der Waals surface area contributed by atoms with Crippen molar-refractivity contribution in [3.8, 4) is 23.1 Å². The molecule has 0 amide bonds. The Morgan fingerprint density at radius 1 is 1.21 bits per heavy atom. The number of methoxy groups -OCH3 is 1. The predicted molar refractivity (Wildman–Crippen MR) is 74.1 cm³/mol. The molecule has 0 aliphatic rings. The Labute approximate surface area is 113 Å². The SMILES string of the molecule is COc1c(C)cc(-c2c(C#N)nc(C)n2C)cc1C. The molecule has 0 atom stereocenters. The quantitative estimate of drug-likeness (QED) is 0.829. The van der Waals surface area contributed by atoms with Gasteiger partial charge in [0.15, 0.2) is 5.69 Å². The number of aryl methyl sites for hydroxylation is 3. The highest BCUT2D eigenvalue weighted by atomic mass is 16.5. The highest BCUT2D eigenvalue weighted by Gasteiger charge is 2.16. The normalized spacial score (nSPS) is 10.3. The van der Waals surface area contributed by atoms with Crippen LogP contribution in [0.5, 0.6) is 5.75 Å². The molecule has 1 aromatic heterocycles. The zero-order chi connectivity index (χ0) is 14.2. The zero-order valence-electron chi connectivity index (χ0n) is 11.9. The third-order valence-electron chi connectivity index (χ3n) is 3.36. The molecule has 19 heavy (non-hydrogen) atoms. The number of hydrogen-bond donors (Lipinski definition) is 0. The van der Waals surface area contributed by atoms with Crippen LogP contribution < -0.4 is 4.74 Å². The summed E-state index contributed by atoms with van der Waals surface area (Å²) in [5, 5.41) is 9.21. The van der Waals surface area contributed by atoms with Gasteiger partial charge in [0.25, 0.3) is 0 Å². The van der Waals surface area contributed by atoms with Crippen molar-refractivity contribution >= 4 is 0 Å². The molecule has 1 heterocycles. The van der Waals surface area contributed by atoms with Crippen LogP contribution in [0.3, 0.4) is 0 Å². The highest BCUT2D eigenvalue weighted by molar-refractivity contribution is 5.69. The van der Waals surface area contributed by atoms with Crippen molar-refractivity contribution in [3.05, 3.63) is 34.8 Å². The van der Waals surface area contributed by atoms with Gasteiger partial charge in [0.1, 0.15) is 17.6 Å². The number of benzene rings is 1. The number of nitrogens with zero attached hydrogens (tertiary/aromatic N) is 3. The molecule has 0 saturated heterocycles. The predicted octanol–water partition coefficient (Wildman–Crippen LogP) is 2.89. The second kappa shape index (κ2) is 4.77. The van der Waals surface area contributed by atoms with E-state index in [1.54, 1.807) is 7.11 Å². The molecule has 98 valence electrons. The van der Waals surface area contributed by atoms with E-state index in [0.29, 0.717) is 5.69 Å². The van der Waals surface area contributed by atoms with Gasteiger partial charge < -0.3 is 9.30 Å². The second-order valence-electron chi connectivity index (χ2n) is 4.67. The average molecular weight is 255 g/mol. The van der Waals surface area contributed by atoms with Crippen LogP contribution >= 0.6 is 0 Å². The minimum atomic E-state index is 0.462. The average Bonchev–Trinajstić information content (AvgIpc) is 2.65. The monoisotopic (exact) mass is 255 g/mol. The summed E-state index contributed by atoms with van der Waals surface area (Å²) in [4.78, 5) is 4.28. The van der Waals surface area contributed by atoms with Crippen LogP contribution in [-0.4, -0.2) is 16.7 Å². The fourth-order valence-corrected chi connectivity index (χ4v) is 2.43. The van der Waals surface area contributed by atoms with Crippen molar-refractivity contribution in [2.24, 2.45) is 7.05 Å². The fraction of sp³-hybridized carbons (Fsp3) is 0.333. The van der Waals surface area contributed by atoms with Crippen molar-refractivity contribution in [3.63, 3.8) is 0 Å². The number of ether oxygens (including phenoxy) is 1. The van der Waals surface area contributed by atoms with Gasteiger partial charge in [-0.3, -0.25) is 0 Å². The van der Waals surface area contributed by atoms with Crippen LogP contribution in [0.4, 0.5) is 0 Å². The minimum absolute atomic E-state index is 0.462. The van der Waals surface area contributed by atoms with E-state index >= 15 is 0 Å². The lowest BCUT2D eigenvalue weighted by Gasteiger charge is -2.12. The summed E-state index contributed by atoms with van der Waals surface area (Å²) in [6, 6.07) is 6.22. The molecule has 0 aliphatic carbocycles. The van der Waals surface area contributed by atoms with Gasteiger partial charge in [-0.2, -0.15) is 5.26 Å². The smallest absolute Gasteiger partial charge is 0.166 e. The van der Waals surface area contributed by atoms with Crippen LogP contribution in [0.2, 0.25) is 0 Å². The molecule has 0 radical (unpaired) electrons. The van der Waals surface area contributed by atoms with Crippen molar-refractivity contribution < 1.29 is 4.74 Å². The molecular weight excluding hydrogens is 238 g/mol. The molecule has 0 N–H and O–H groups in total. The van der Waals surface area contributed by atoms with E-state index in [1.165, 1.54) is 0 Å². The van der Waals surface area contributed by atoms with Gasteiger partial charge in [0, 0.05) is 12.6 Å². The third kappa shape index (κ3) is 2.08. The van der Waals surface area contributed by atoms with Gasteiger partial charge in [-0.1, -0.05) is 0 Å². The molecule has 0 bridgehead atoms. The summed E-state index contributed by atoms with van der Waals surface area (Å²) in [6.07, 6.45) is 0. The third-order valence-corrected chi connectivity index (χ3v) is 3.36. The number of aromatic nitrogens is 2. The molecule has 0 saturated carbocycles. The first-order chi connectivity index (χ1) is 8.99. The van der Waals surface area contributed by atoms with Gasteiger partial charge in [-0.05, 0) is 44.0 Å². The molecule has 0 aliphatic heterocycles. The first kappa shape index (κ1) is 13.2. The van der Waals surface area contributed by atoms with Crippen LogP contribution in [-0.2, 0) is 7.05 Å². The lowest BCUT2D eigenvalue weighted by molar-refractivity contribution is 0.408. The van der Waals surface area contributed by atoms with Crippen LogP contribution in [0.25, 0.3) is 11.3 Å². The molecule has 2 rings (SSSR count). The molecule has 0 fully saturated rings. The van der Waals surface area contributed by atoms with E-state index in [1.807, 2.05) is 44.5 Å². The molecule has 4 heteroatoms. The van der Waals surface area contributed by atoms with Crippen molar-refractivity contribution in [1.82, 2.24) is 9.55 Å². The van der Waals surface area contributed by atoms with Gasteiger partial charge in [-0.25, -0.2) is 4.98 Å². The number of nitriles is 1. The first-order valence-corrected chi connectivity index (χ1v) is 6.08. The number of imidazole rings is 1. The van der Waals surface area contributed by atoms with Gasteiger partial charge >= 0.3 is 0 Å². The summed E-state index contributed by atoms with van der Waals surface area (Å²) in [5.41, 5.74) is 4.42. The second-order valence-corrected chi connectivity index (χ2v) is 4.67. The summed E-state index contributed by atoms with van der Waals surface area (Å²) < 4.78 is 7.31. The van der Waals surface area contributed by atoms with E-state index in [-0.39, 0.29) is 0 Å². The summed E-state index contributed by atoms with van der Waals surface area (Å²) >= 11 is 0. The van der Waals surface area contributed by atoms with Crippen molar-refractivity contribution in [2.45, 2.75) is 20.8 Å². The van der Waals surface area contributed by atoms with Crippen LogP contribution in [0.15, 0.2) is 12.1 Å². The zero-order valence-corrected chi connectivity index (χ0v) is 11.9. The van der Waals surface area contributed by atoms with Crippen LogP contribution in [0, 0.1) is 32.1 Å². The van der Waals surface area contributed by atoms with E-state index in [9.17, 15) is 5.26 Å². The number of rotatable bonds is 2. The Bertz CT molecular complexity index is 654. The summed E-state index contributed by atoms with van der Waals surface area (Å²) in [5.74, 6) is 1.72. The number of hydrogen-bond acceptors (Lipinski definition) is 3. The Morgan fingerprint density at radius 2 is 1.79 bits per heavy atom. The van der Waals surface area contributed by atoms with E-state index in [4.69, 9.17) is 4.74 Å². The van der Waals surface area contributed by atoms with E-state index in [0.717, 1.165) is 34.0 Å². The molecule has 2 aromatic rings. The standard InChI is InChI=1S/C15H17N3O/c1-9-6-12(7-10(2)15(9)19-5)14-13(8-16)17-11(3)18(14)4/h6-7H,1-5H3. The molecular formula is C15H17N3O. The Morgan fingerprint density at radius 3 is 2.26 bits per heavy atom. The van der Waals surface area contributed by atoms with Crippen LogP contribution in [0.1, 0.15) is 22.6 Å². The molecule has 1 aromatic carbocycles. The first-order valence-electron chi connectivity index (χ1n) is 6.08. The molecule has 4 nitrogen and oxygen atoms in total. The van der Waals surface area contributed by atoms with Gasteiger partial charge in [-0.15, -0.1) is 0 Å². The maximum atomic E-state index is 9.21. The Hall–Kier alpha value is -2.28. The maximum absolute atomic E-state index is 9.21. The lowest BCUT2D eigenvalue weighted by atomic mass is 10.0. The van der Waals surface area contributed by atoms with Gasteiger partial charge in [0.05, 0.1) is 12.8 Å². The lowest BCUT2D eigenvalue weighted by Crippen LogP contribution is -1.97. The summed E-state index contributed by atoms with van der Waals surface area (Å²) in [6.45, 7) is 5.91. The summed E-state index contributed by atoms with van der Waals surface area (Å²) in [7, 11) is 3.59. The maximum Gasteiger partial charge on any atom is 0.166 e. The van der Waals surface area contributed by atoms with E-state index < -0.39 is 0 Å². The highest BCUT2D eigenvalue weighted by Crippen LogP contribution is 2.31. The Kier molecular flexibility index (Phi) is 3.30. The topological polar surface area (TPSA) is 50.8 Å². The van der Waals surface area contributed by atoms with Crippen molar-refractivity contribution in [1.29, 1.82) is 5.26 Å².